The van der Waals surface area contributed by atoms with Crippen LogP contribution in [0.5, 0.6) is 0 Å². The molecule has 0 spiro atoms. The smallest absolute Gasteiger partial charge is 0.399 e. The molecule has 4 heteroatoms. The molecule has 0 N–H and O–H groups in total. The van der Waals surface area contributed by atoms with E-state index in [2.05, 4.69) is 34.6 Å². The van der Waals surface area contributed by atoms with Crippen molar-refractivity contribution in [2.24, 2.45) is 0 Å². The molecule has 1 aliphatic heterocycles. The zero-order valence-corrected chi connectivity index (χ0v) is 12.5. The number of benzene rings is 1. The van der Waals surface area contributed by atoms with Crippen LogP contribution in [0, 0.1) is 0 Å². The summed E-state index contributed by atoms with van der Waals surface area (Å²) < 4.78 is 12.0. The highest BCUT2D eigenvalue weighted by molar-refractivity contribution is 6.62. The van der Waals surface area contributed by atoms with E-state index in [0.29, 0.717) is 0 Å². The third-order valence-electron chi connectivity index (χ3n) is 3.98. The van der Waals surface area contributed by atoms with Gasteiger partial charge in [-0.25, -0.2) is 0 Å². The predicted octanol–water partition coefficient (Wildman–Crippen LogP) is 3.20. The Morgan fingerprint density at radius 3 is 2.11 bits per heavy atom. The molecule has 0 atom stereocenters. The van der Waals surface area contributed by atoms with Gasteiger partial charge < -0.3 is 9.31 Å². The summed E-state index contributed by atoms with van der Waals surface area (Å²) in [6.45, 7) is 10.3. The molecule has 18 heavy (non-hydrogen) atoms. The summed E-state index contributed by atoms with van der Waals surface area (Å²) in [6.07, 6.45) is 0.933. The molecule has 1 saturated heterocycles. The summed E-state index contributed by atoms with van der Waals surface area (Å²) in [5, 5.41) is 0.782. The minimum absolute atomic E-state index is 0.312. The van der Waals surface area contributed by atoms with Crippen LogP contribution in [0.25, 0.3) is 0 Å². The van der Waals surface area contributed by atoms with E-state index >= 15 is 0 Å². The first-order chi connectivity index (χ1) is 8.27. The number of rotatable bonds is 2. The van der Waals surface area contributed by atoms with Gasteiger partial charge in [-0.3, -0.25) is 0 Å². The molecule has 0 unspecified atom stereocenters. The number of aryl methyl sites for hydroxylation is 1. The lowest BCUT2D eigenvalue weighted by Crippen LogP contribution is -2.41. The van der Waals surface area contributed by atoms with Gasteiger partial charge in [0.2, 0.25) is 0 Å². The highest BCUT2D eigenvalue weighted by Crippen LogP contribution is 2.36. The lowest BCUT2D eigenvalue weighted by atomic mass is 9.79. The van der Waals surface area contributed by atoms with Gasteiger partial charge in [0, 0.05) is 5.02 Å². The van der Waals surface area contributed by atoms with E-state index in [1.54, 1.807) is 0 Å². The third-order valence-corrected chi connectivity index (χ3v) is 4.34. The fourth-order valence-corrected chi connectivity index (χ4v) is 2.30. The Morgan fingerprint density at radius 1 is 1.11 bits per heavy atom. The SMILES string of the molecule is CCc1ccc(B2OC(C)(C)C(C)(C)O2)cc1Cl. The van der Waals surface area contributed by atoms with Crippen molar-refractivity contribution in [2.45, 2.75) is 52.2 Å². The van der Waals surface area contributed by atoms with Crippen LogP contribution in [0.15, 0.2) is 18.2 Å². The van der Waals surface area contributed by atoms with E-state index in [1.807, 2.05) is 18.2 Å². The number of hydrogen-bond acceptors (Lipinski definition) is 2. The first-order valence-corrected chi connectivity index (χ1v) is 6.78. The van der Waals surface area contributed by atoms with Crippen LogP contribution in [-0.2, 0) is 15.7 Å². The molecular formula is C14H20BClO2. The molecule has 1 fully saturated rings. The second-order valence-corrected chi connectivity index (χ2v) is 6.20. The zero-order chi connectivity index (χ0) is 13.6. The maximum absolute atomic E-state index is 6.24. The van der Waals surface area contributed by atoms with Gasteiger partial charge in [-0.2, -0.15) is 0 Å². The average molecular weight is 267 g/mol. The van der Waals surface area contributed by atoms with Gasteiger partial charge >= 0.3 is 7.12 Å². The summed E-state index contributed by atoms with van der Waals surface area (Å²) in [5.74, 6) is 0. The zero-order valence-electron chi connectivity index (χ0n) is 11.7. The molecule has 0 aromatic heterocycles. The van der Waals surface area contributed by atoms with Gasteiger partial charge in [0.1, 0.15) is 0 Å². The predicted molar refractivity (Wildman–Crippen MR) is 76.5 cm³/mol. The van der Waals surface area contributed by atoms with E-state index < -0.39 is 0 Å². The molecule has 0 amide bonds. The largest absolute Gasteiger partial charge is 0.494 e. The lowest BCUT2D eigenvalue weighted by Gasteiger charge is -2.32. The molecule has 0 aliphatic carbocycles. The van der Waals surface area contributed by atoms with E-state index in [4.69, 9.17) is 20.9 Å². The van der Waals surface area contributed by atoms with Crippen molar-refractivity contribution in [1.82, 2.24) is 0 Å². The molecule has 2 nitrogen and oxygen atoms in total. The van der Waals surface area contributed by atoms with Crippen LogP contribution in [0.4, 0.5) is 0 Å². The second-order valence-electron chi connectivity index (χ2n) is 5.79. The Morgan fingerprint density at radius 2 is 1.67 bits per heavy atom. The molecule has 2 rings (SSSR count). The Labute approximate surface area is 115 Å². The van der Waals surface area contributed by atoms with Crippen LogP contribution < -0.4 is 5.46 Å². The third kappa shape index (κ3) is 2.32. The van der Waals surface area contributed by atoms with Crippen LogP contribution >= 0.6 is 11.6 Å². The van der Waals surface area contributed by atoms with Crippen LogP contribution in [0.3, 0.4) is 0 Å². The van der Waals surface area contributed by atoms with Crippen molar-refractivity contribution in [1.29, 1.82) is 0 Å². The van der Waals surface area contributed by atoms with Crippen molar-refractivity contribution in [3.05, 3.63) is 28.8 Å². The Hall–Kier alpha value is -0.505. The lowest BCUT2D eigenvalue weighted by molar-refractivity contribution is 0.00578. The molecule has 1 heterocycles. The first-order valence-electron chi connectivity index (χ1n) is 6.41. The number of hydrogen-bond donors (Lipinski definition) is 0. The molecule has 1 aromatic carbocycles. The van der Waals surface area contributed by atoms with Crippen molar-refractivity contribution in [2.75, 3.05) is 0 Å². The fraction of sp³-hybridized carbons (Fsp3) is 0.571. The molecule has 1 aliphatic rings. The van der Waals surface area contributed by atoms with E-state index in [9.17, 15) is 0 Å². The van der Waals surface area contributed by atoms with Crippen molar-refractivity contribution in [3.63, 3.8) is 0 Å². The average Bonchev–Trinajstić information content (AvgIpc) is 2.48. The van der Waals surface area contributed by atoms with Gasteiger partial charge in [0.05, 0.1) is 11.2 Å². The molecular weight excluding hydrogens is 246 g/mol. The highest BCUT2D eigenvalue weighted by atomic mass is 35.5. The molecule has 0 bridgehead atoms. The molecule has 98 valence electrons. The standard InChI is InChI=1S/C14H20BClO2/c1-6-10-7-8-11(9-12(10)16)15-17-13(2,3)14(4,5)18-15/h7-9H,6H2,1-5H3. The summed E-state index contributed by atoms with van der Waals surface area (Å²) in [4.78, 5) is 0. The minimum atomic E-state index is -0.335. The van der Waals surface area contributed by atoms with Crippen LogP contribution in [-0.4, -0.2) is 18.3 Å². The van der Waals surface area contributed by atoms with Crippen LogP contribution in [0.1, 0.15) is 40.2 Å². The summed E-state index contributed by atoms with van der Waals surface area (Å²) in [5.41, 5.74) is 1.51. The van der Waals surface area contributed by atoms with Gasteiger partial charge in [-0.05, 0) is 51.2 Å². The Balaban J connectivity index is 2.27. The first kappa shape index (κ1) is 13.9. The quantitative estimate of drug-likeness (QED) is 0.765. The Kier molecular flexibility index (Phi) is 3.52. The molecule has 0 radical (unpaired) electrons. The normalized spacial score (nSPS) is 21.3. The highest BCUT2D eigenvalue weighted by Gasteiger charge is 2.51. The van der Waals surface area contributed by atoms with Gasteiger partial charge in [0.15, 0.2) is 0 Å². The number of halogens is 1. The van der Waals surface area contributed by atoms with Gasteiger partial charge in [0.25, 0.3) is 0 Å². The van der Waals surface area contributed by atoms with Gasteiger partial charge in [-0.15, -0.1) is 0 Å². The topological polar surface area (TPSA) is 18.5 Å². The maximum Gasteiger partial charge on any atom is 0.494 e. The molecule has 1 aromatic rings. The maximum atomic E-state index is 6.24. The van der Waals surface area contributed by atoms with Crippen LogP contribution in [0.2, 0.25) is 5.02 Å². The van der Waals surface area contributed by atoms with Crippen molar-refractivity contribution in [3.8, 4) is 0 Å². The van der Waals surface area contributed by atoms with E-state index in [0.717, 1.165) is 22.5 Å². The van der Waals surface area contributed by atoms with Crippen molar-refractivity contribution >= 4 is 24.2 Å². The van der Waals surface area contributed by atoms with E-state index in [1.165, 1.54) is 0 Å². The summed E-state index contributed by atoms with van der Waals surface area (Å²) in [6, 6.07) is 6.03. The second kappa shape index (κ2) is 4.55. The Bertz CT molecular complexity index is 441. The minimum Gasteiger partial charge on any atom is -0.399 e. The molecule has 0 saturated carbocycles. The summed E-state index contributed by atoms with van der Waals surface area (Å²) >= 11 is 6.24. The van der Waals surface area contributed by atoms with Crippen molar-refractivity contribution < 1.29 is 9.31 Å². The fourth-order valence-electron chi connectivity index (χ4n) is 1.98. The van der Waals surface area contributed by atoms with E-state index in [-0.39, 0.29) is 18.3 Å². The van der Waals surface area contributed by atoms with Gasteiger partial charge in [-0.1, -0.05) is 30.7 Å². The monoisotopic (exact) mass is 266 g/mol. The summed E-state index contributed by atoms with van der Waals surface area (Å²) in [7, 11) is -0.335.